The number of nitrogens with zero attached hydrogens (tertiary/aromatic N) is 1. The van der Waals surface area contributed by atoms with Crippen LogP contribution in [0, 0.1) is 0 Å². The van der Waals surface area contributed by atoms with Crippen LogP contribution in [-0.2, 0) is 4.74 Å². The third-order valence-corrected chi connectivity index (χ3v) is 4.11. The number of hydrogen-bond acceptors (Lipinski definition) is 3. The molecule has 1 N–H and O–H groups in total. The highest BCUT2D eigenvalue weighted by atomic mass is 16.5. The number of anilines is 1. The molecule has 0 radical (unpaired) electrons. The van der Waals surface area contributed by atoms with Gasteiger partial charge in [-0.15, -0.1) is 0 Å². The molecule has 1 atom stereocenters. The molecule has 2 fully saturated rings. The maximum absolute atomic E-state index is 12.4. The summed E-state index contributed by atoms with van der Waals surface area (Å²) in [6.45, 7) is 3.55. The number of ether oxygens (including phenoxy) is 1. The second-order valence-electron chi connectivity index (χ2n) is 5.56. The summed E-state index contributed by atoms with van der Waals surface area (Å²) in [5.74, 6) is 0.0167. The van der Waals surface area contributed by atoms with Gasteiger partial charge in [0.25, 0.3) is 5.91 Å². The molecule has 0 spiro atoms. The van der Waals surface area contributed by atoms with Gasteiger partial charge in [0.2, 0.25) is 0 Å². The molecule has 0 saturated carbocycles. The minimum Gasteiger partial charge on any atom is -0.376 e. The maximum Gasteiger partial charge on any atom is 0.253 e. The molecule has 4 heteroatoms. The summed E-state index contributed by atoms with van der Waals surface area (Å²) in [5, 5.41) is 3.01. The third kappa shape index (κ3) is 2.96. The van der Waals surface area contributed by atoms with Gasteiger partial charge in [0.15, 0.2) is 0 Å². The van der Waals surface area contributed by atoms with Crippen LogP contribution in [0.4, 0.5) is 5.69 Å². The number of hydrogen-bond donors (Lipinski definition) is 1. The largest absolute Gasteiger partial charge is 0.376 e. The van der Waals surface area contributed by atoms with Crippen molar-refractivity contribution in [3.63, 3.8) is 0 Å². The number of rotatable bonds is 4. The van der Waals surface area contributed by atoms with E-state index in [9.17, 15) is 4.79 Å². The van der Waals surface area contributed by atoms with Crippen molar-refractivity contribution in [2.75, 3.05) is 31.1 Å². The first-order valence-corrected chi connectivity index (χ1v) is 7.58. The second kappa shape index (κ2) is 6.27. The number of nitrogens with one attached hydrogen (secondary N) is 1. The average molecular weight is 274 g/mol. The van der Waals surface area contributed by atoms with E-state index < -0.39 is 0 Å². The normalized spacial score (nSPS) is 22.2. The Kier molecular flexibility index (Phi) is 4.21. The van der Waals surface area contributed by atoms with E-state index >= 15 is 0 Å². The molecular formula is C16H22N2O2. The highest BCUT2D eigenvalue weighted by Gasteiger charge is 2.21. The lowest BCUT2D eigenvalue weighted by Gasteiger charge is -2.21. The quantitative estimate of drug-likeness (QED) is 0.915. The van der Waals surface area contributed by atoms with Gasteiger partial charge in [0.05, 0.1) is 11.7 Å². The van der Waals surface area contributed by atoms with Crippen molar-refractivity contribution >= 4 is 11.6 Å². The molecule has 2 aliphatic rings. The van der Waals surface area contributed by atoms with E-state index in [1.165, 1.54) is 12.8 Å². The molecule has 1 aromatic carbocycles. The lowest BCUT2D eigenvalue weighted by Crippen LogP contribution is -2.33. The van der Waals surface area contributed by atoms with Gasteiger partial charge in [-0.1, -0.05) is 12.1 Å². The topological polar surface area (TPSA) is 41.6 Å². The van der Waals surface area contributed by atoms with Crippen LogP contribution in [0.2, 0.25) is 0 Å². The Morgan fingerprint density at radius 3 is 2.80 bits per heavy atom. The van der Waals surface area contributed by atoms with Crippen molar-refractivity contribution in [1.29, 1.82) is 0 Å². The Hall–Kier alpha value is -1.55. The zero-order valence-electron chi connectivity index (χ0n) is 11.8. The number of amides is 1. The molecule has 1 amide bonds. The van der Waals surface area contributed by atoms with E-state index in [1.807, 2.05) is 24.3 Å². The van der Waals surface area contributed by atoms with Crippen LogP contribution in [0.1, 0.15) is 36.0 Å². The van der Waals surface area contributed by atoms with E-state index in [2.05, 4.69) is 10.2 Å². The minimum atomic E-state index is 0.0167. The molecule has 1 unspecified atom stereocenters. The van der Waals surface area contributed by atoms with E-state index in [-0.39, 0.29) is 12.0 Å². The van der Waals surface area contributed by atoms with Gasteiger partial charge in [-0.25, -0.2) is 0 Å². The standard InChI is InChI=1S/C16H22N2O2/c19-16(17-12-13-6-5-11-20-13)14-7-1-2-8-15(14)18-9-3-4-10-18/h1-2,7-8,13H,3-6,9-12H2,(H,17,19). The smallest absolute Gasteiger partial charge is 0.253 e. The van der Waals surface area contributed by atoms with E-state index in [4.69, 9.17) is 4.74 Å². The van der Waals surface area contributed by atoms with Crippen LogP contribution in [-0.4, -0.2) is 38.3 Å². The van der Waals surface area contributed by atoms with Crippen molar-refractivity contribution in [3.8, 4) is 0 Å². The summed E-state index contributed by atoms with van der Waals surface area (Å²) < 4.78 is 5.54. The predicted molar refractivity (Wildman–Crippen MR) is 79.2 cm³/mol. The van der Waals surface area contributed by atoms with E-state index in [0.29, 0.717) is 6.54 Å². The fraction of sp³-hybridized carbons (Fsp3) is 0.562. The Balaban J connectivity index is 1.67. The SMILES string of the molecule is O=C(NCC1CCCO1)c1ccccc1N1CCCC1. The fourth-order valence-electron chi connectivity index (χ4n) is 3.01. The zero-order valence-corrected chi connectivity index (χ0v) is 11.8. The molecule has 2 heterocycles. The molecule has 2 saturated heterocycles. The highest BCUT2D eigenvalue weighted by Crippen LogP contribution is 2.24. The molecule has 20 heavy (non-hydrogen) atoms. The molecule has 4 nitrogen and oxygen atoms in total. The van der Waals surface area contributed by atoms with Gasteiger partial charge in [-0.3, -0.25) is 4.79 Å². The Labute approximate surface area is 120 Å². The van der Waals surface area contributed by atoms with Crippen LogP contribution < -0.4 is 10.2 Å². The summed E-state index contributed by atoms with van der Waals surface area (Å²) in [4.78, 5) is 14.7. The molecule has 0 aromatic heterocycles. The highest BCUT2D eigenvalue weighted by molar-refractivity contribution is 5.99. The van der Waals surface area contributed by atoms with Gasteiger partial charge in [-0.2, -0.15) is 0 Å². The summed E-state index contributed by atoms with van der Waals surface area (Å²) in [6.07, 6.45) is 4.77. The van der Waals surface area contributed by atoms with Crippen LogP contribution in [0.15, 0.2) is 24.3 Å². The summed E-state index contributed by atoms with van der Waals surface area (Å²) in [5.41, 5.74) is 1.85. The number of benzene rings is 1. The van der Waals surface area contributed by atoms with Crippen LogP contribution in [0.5, 0.6) is 0 Å². The van der Waals surface area contributed by atoms with Crippen LogP contribution in [0.3, 0.4) is 0 Å². The predicted octanol–water partition coefficient (Wildman–Crippen LogP) is 2.20. The molecule has 1 aromatic rings. The lowest BCUT2D eigenvalue weighted by atomic mass is 10.1. The Morgan fingerprint density at radius 2 is 2.05 bits per heavy atom. The maximum atomic E-state index is 12.4. The van der Waals surface area contributed by atoms with Gasteiger partial charge >= 0.3 is 0 Å². The van der Waals surface area contributed by atoms with Gasteiger partial charge in [0.1, 0.15) is 0 Å². The molecule has 3 rings (SSSR count). The van der Waals surface area contributed by atoms with Gasteiger partial charge < -0.3 is 15.0 Å². The Morgan fingerprint density at radius 1 is 1.25 bits per heavy atom. The minimum absolute atomic E-state index is 0.0167. The second-order valence-corrected chi connectivity index (χ2v) is 5.56. The van der Waals surface area contributed by atoms with Crippen LogP contribution >= 0.6 is 0 Å². The first-order chi connectivity index (χ1) is 9.84. The van der Waals surface area contributed by atoms with Crippen molar-refractivity contribution in [3.05, 3.63) is 29.8 Å². The van der Waals surface area contributed by atoms with Crippen molar-refractivity contribution in [2.45, 2.75) is 31.8 Å². The summed E-state index contributed by atoms with van der Waals surface area (Å²) in [6, 6.07) is 7.90. The molecular weight excluding hydrogens is 252 g/mol. The number of carbonyl (C=O) groups is 1. The first-order valence-electron chi connectivity index (χ1n) is 7.58. The van der Waals surface area contributed by atoms with E-state index in [0.717, 1.165) is 43.8 Å². The zero-order chi connectivity index (χ0) is 13.8. The van der Waals surface area contributed by atoms with E-state index in [1.54, 1.807) is 0 Å². The first kappa shape index (κ1) is 13.4. The van der Waals surface area contributed by atoms with Crippen molar-refractivity contribution < 1.29 is 9.53 Å². The summed E-state index contributed by atoms with van der Waals surface area (Å²) in [7, 11) is 0. The Bertz CT molecular complexity index is 463. The van der Waals surface area contributed by atoms with Crippen molar-refractivity contribution in [2.24, 2.45) is 0 Å². The van der Waals surface area contributed by atoms with Crippen molar-refractivity contribution in [1.82, 2.24) is 5.32 Å². The molecule has 108 valence electrons. The van der Waals surface area contributed by atoms with Gasteiger partial charge in [0, 0.05) is 31.9 Å². The monoisotopic (exact) mass is 274 g/mol. The average Bonchev–Trinajstić information content (AvgIpc) is 3.18. The van der Waals surface area contributed by atoms with Crippen LogP contribution in [0.25, 0.3) is 0 Å². The molecule has 0 aliphatic carbocycles. The lowest BCUT2D eigenvalue weighted by molar-refractivity contribution is 0.0858. The summed E-state index contributed by atoms with van der Waals surface area (Å²) >= 11 is 0. The third-order valence-electron chi connectivity index (χ3n) is 4.11. The fourth-order valence-corrected chi connectivity index (χ4v) is 3.01. The van der Waals surface area contributed by atoms with Gasteiger partial charge in [-0.05, 0) is 37.8 Å². The molecule has 2 aliphatic heterocycles. The number of para-hydroxylation sites is 1. The molecule has 0 bridgehead atoms. The number of carbonyl (C=O) groups excluding carboxylic acids is 1.